The molecule has 0 aliphatic carbocycles. The van der Waals surface area contributed by atoms with E-state index in [4.69, 9.17) is 15.0 Å². The molecule has 0 aromatic carbocycles. The highest BCUT2D eigenvalue weighted by molar-refractivity contribution is 6.20. The van der Waals surface area contributed by atoms with Crippen molar-refractivity contribution in [2.24, 2.45) is 54.6 Å². The molecule has 5 aliphatic heterocycles. The standard InChI is InChI=1S/2C22H33N5O3.3C20H30N4O2/c2*1-6-15-12-16(20(29)24-11-9-7-8-10-17(28)23-5)18(25-13-15)19-26-21(30)22(4,27-19)14(2)3;3*1-6-15-10-11-16(22-13-15)18-23-20(4,14(2)3)19(26)24(18)12-8-7-9-17(25)21-5/h2*12-14H,6-11H2,1-5H3,(H,23,28)(H,24,29)(H,26,27,30);3*10-11,13-14H,6-9,12H2,1-5H3,(H,21,25). The number of aromatic nitrogens is 5. The predicted molar refractivity (Wildman–Crippen MR) is 542 cm³/mol. The summed E-state index contributed by atoms with van der Waals surface area (Å²) in [5.41, 5.74) is 5.08. The summed E-state index contributed by atoms with van der Waals surface area (Å²) in [4.78, 5) is 198. The second-order valence-electron chi connectivity index (χ2n) is 37.8. The van der Waals surface area contributed by atoms with E-state index in [1.807, 2.05) is 171 Å². The van der Waals surface area contributed by atoms with E-state index in [1.54, 1.807) is 76.2 Å². The number of rotatable bonds is 44. The van der Waals surface area contributed by atoms with E-state index in [-0.39, 0.29) is 100 Å². The van der Waals surface area contributed by atoms with Crippen LogP contribution in [0.15, 0.2) is 104 Å². The number of pyridine rings is 5. The number of hydrogen-bond donors (Lipinski definition) is 9. The molecule has 0 spiro atoms. The highest BCUT2D eigenvalue weighted by Gasteiger charge is 2.51. The number of unbranched alkanes of at least 4 members (excludes halogenated alkanes) is 7. The van der Waals surface area contributed by atoms with Crippen molar-refractivity contribution >= 4 is 100 Å². The average Bonchev–Trinajstić information content (AvgIpc) is 1.62. The zero-order valence-electron chi connectivity index (χ0n) is 86.7. The van der Waals surface area contributed by atoms with Crippen LogP contribution in [0.4, 0.5) is 0 Å². The van der Waals surface area contributed by atoms with Gasteiger partial charge in [0.15, 0.2) is 29.2 Å². The van der Waals surface area contributed by atoms with E-state index >= 15 is 0 Å². The molecule has 5 unspecified atom stereocenters. The molecule has 34 nitrogen and oxygen atoms in total. The lowest BCUT2D eigenvalue weighted by Gasteiger charge is -2.25. The summed E-state index contributed by atoms with van der Waals surface area (Å²) in [5.74, 6) is 2.25. The molecule has 0 saturated heterocycles. The number of carbonyl (C=O) groups excluding carboxylic acids is 12. The zero-order valence-corrected chi connectivity index (χ0v) is 86.7. The maximum Gasteiger partial charge on any atom is 0.256 e. The number of nitrogens with zero attached hydrogens (tertiary/aromatic N) is 13. The molecule has 0 fully saturated rings. The molecular weight excluding hydrogens is 1750 g/mol. The number of amides is 12. The molecule has 10 rings (SSSR count). The molecule has 10 heterocycles. The Balaban J connectivity index is 0.000000265. The molecular formula is C104H156N22O12. The molecule has 0 saturated carbocycles. The van der Waals surface area contributed by atoms with Crippen LogP contribution in [0, 0.1) is 29.6 Å². The maximum atomic E-state index is 13.1. The first-order valence-corrected chi connectivity index (χ1v) is 49.5. The van der Waals surface area contributed by atoms with Crippen molar-refractivity contribution in [1.29, 1.82) is 0 Å². The molecule has 0 bridgehead atoms. The monoisotopic (exact) mass is 1910 g/mol. The van der Waals surface area contributed by atoms with Gasteiger partial charge in [0.25, 0.3) is 41.4 Å². The summed E-state index contributed by atoms with van der Waals surface area (Å²) in [7, 11) is 8.16. The molecule has 12 amide bonds. The topological polar surface area (TPSA) is 449 Å². The Labute approximate surface area is 817 Å². The highest BCUT2D eigenvalue weighted by atomic mass is 16.2. The summed E-state index contributed by atoms with van der Waals surface area (Å²) in [6, 6.07) is 15.5. The smallest absolute Gasteiger partial charge is 0.256 e. The number of aryl methyl sites for hydroxylation is 5. The summed E-state index contributed by atoms with van der Waals surface area (Å²) in [6.45, 7) is 42.0. The first-order valence-electron chi connectivity index (χ1n) is 49.5. The largest absolute Gasteiger partial charge is 0.359 e. The van der Waals surface area contributed by atoms with Crippen LogP contribution in [0.25, 0.3) is 0 Å². The van der Waals surface area contributed by atoms with Crippen LogP contribution in [-0.2, 0) is 80.0 Å². The SMILES string of the molecule is CCc1ccc(C2=NC(C)(C(C)C)C(=O)N2CCCCC(=O)NC)nc1.CCc1ccc(C2=NC(C)(C(C)C)C(=O)N2CCCCC(=O)NC)nc1.CCc1ccc(C2=NC(C)(C(C)C)C(=O)N2CCCCC(=O)NC)nc1.CCc1cnc(C2=NC(C)(C(C)C)C(=O)N2)c(C(=O)NCCCCCC(=O)NC)c1.CCc1cnc(C2=NC(C)(C(C)C)C(=O)N2)c(C(=O)NCCCCCC(=O)NC)c1. The van der Waals surface area contributed by atoms with Crippen molar-refractivity contribution in [3.63, 3.8) is 0 Å². The van der Waals surface area contributed by atoms with Crippen LogP contribution in [0.1, 0.15) is 325 Å². The Morgan fingerprint density at radius 1 is 0.319 bits per heavy atom. The Morgan fingerprint density at radius 3 is 0.783 bits per heavy atom. The summed E-state index contributed by atoms with van der Waals surface area (Å²) in [6.07, 6.45) is 24.9. The lowest BCUT2D eigenvalue weighted by atomic mass is 9.89. The molecule has 754 valence electrons. The molecule has 138 heavy (non-hydrogen) atoms. The molecule has 0 radical (unpaired) electrons. The minimum atomic E-state index is -0.876. The van der Waals surface area contributed by atoms with E-state index in [2.05, 4.69) is 104 Å². The van der Waals surface area contributed by atoms with E-state index in [9.17, 15) is 57.5 Å². The Hall–Kier alpha value is -12.3. The molecule has 5 aromatic heterocycles. The minimum Gasteiger partial charge on any atom is -0.359 e. The Bertz CT molecular complexity index is 4760. The first kappa shape index (κ1) is 114. The van der Waals surface area contributed by atoms with Gasteiger partial charge in [-0.05, 0) is 219 Å². The normalized spacial score (nSPS) is 19.1. The van der Waals surface area contributed by atoms with Gasteiger partial charge in [0.05, 0.1) is 11.1 Å². The zero-order chi connectivity index (χ0) is 103. The first-order chi connectivity index (χ1) is 65.4. The summed E-state index contributed by atoms with van der Waals surface area (Å²) < 4.78 is 0. The van der Waals surface area contributed by atoms with Crippen molar-refractivity contribution in [1.82, 2.24) is 87.5 Å². The van der Waals surface area contributed by atoms with Gasteiger partial charge in [-0.15, -0.1) is 0 Å². The predicted octanol–water partition coefficient (Wildman–Crippen LogP) is 11.6. The fourth-order valence-corrected chi connectivity index (χ4v) is 15.0. The van der Waals surface area contributed by atoms with Crippen LogP contribution in [0.3, 0.4) is 0 Å². The van der Waals surface area contributed by atoms with Gasteiger partial charge < -0.3 is 47.9 Å². The van der Waals surface area contributed by atoms with Crippen LogP contribution in [-0.4, -0.2) is 235 Å². The second kappa shape index (κ2) is 54.2. The molecule has 5 aromatic rings. The van der Waals surface area contributed by atoms with Gasteiger partial charge >= 0.3 is 0 Å². The highest BCUT2D eigenvalue weighted by Crippen LogP contribution is 2.37. The Morgan fingerprint density at radius 2 is 0.565 bits per heavy atom. The van der Waals surface area contributed by atoms with Crippen molar-refractivity contribution in [3.05, 3.63) is 147 Å². The fraction of sp³-hybridized carbons (Fsp3) is 0.596. The van der Waals surface area contributed by atoms with E-state index in [0.717, 1.165) is 154 Å². The van der Waals surface area contributed by atoms with Gasteiger partial charge in [0.1, 0.15) is 56.2 Å². The molecule has 9 N–H and O–H groups in total. The summed E-state index contributed by atoms with van der Waals surface area (Å²) >= 11 is 0. The van der Waals surface area contributed by atoms with Crippen LogP contribution in [0.5, 0.6) is 0 Å². The number of aliphatic imine (C=N–C) groups is 5. The van der Waals surface area contributed by atoms with Crippen LogP contribution < -0.4 is 47.9 Å². The fourth-order valence-electron chi connectivity index (χ4n) is 15.0. The van der Waals surface area contributed by atoms with E-state index in [0.29, 0.717) is 117 Å². The third-order valence-corrected chi connectivity index (χ3v) is 26.8. The van der Waals surface area contributed by atoms with E-state index in [1.165, 1.54) is 0 Å². The quantitative estimate of drug-likeness (QED) is 0.0164. The average molecular weight is 1910 g/mol. The van der Waals surface area contributed by atoms with Gasteiger partial charge in [-0.1, -0.05) is 135 Å². The van der Waals surface area contributed by atoms with Crippen LogP contribution in [0.2, 0.25) is 0 Å². The minimum absolute atomic E-state index is 0.0111. The van der Waals surface area contributed by atoms with Gasteiger partial charge in [-0.3, -0.25) is 97.2 Å². The van der Waals surface area contributed by atoms with Gasteiger partial charge in [0, 0.05) is 131 Å². The van der Waals surface area contributed by atoms with Crippen molar-refractivity contribution < 1.29 is 57.5 Å². The number of amidine groups is 5. The lowest BCUT2D eigenvalue weighted by molar-refractivity contribution is -0.132. The third-order valence-electron chi connectivity index (χ3n) is 26.8. The third kappa shape index (κ3) is 30.4. The number of nitrogens with one attached hydrogen (secondary N) is 9. The molecule has 5 atom stereocenters. The molecule has 34 heteroatoms. The van der Waals surface area contributed by atoms with Gasteiger partial charge in [-0.25, -0.2) is 25.0 Å². The van der Waals surface area contributed by atoms with Gasteiger partial charge in [0.2, 0.25) is 29.5 Å². The van der Waals surface area contributed by atoms with Crippen molar-refractivity contribution in [2.45, 2.75) is 307 Å². The number of hydrogen-bond acceptors (Lipinski definition) is 22. The summed E-state index contributed by atoms with van der Waals surface area (Å²) in [5, 5.41) is 24.5. The second-order valence-corrected chi connectivity index (χ2v) is 37.8. The lowest BCUT2D eigenvalue weighted by Crippen LogP contribution is -2.44. The van der Waals surface area contributed by atoms with Crippen LogP contribution >= 0.6 is 0 Å². The number of carbonyl (C=O) groups is 12. The van der Waals surface area contributed by atoms with Crippen molar-refractivity contribution in [3.8, 4) is 0 Å². The van der Waals surface area contributed by atoms with Crippen molar-refractivity contribution in [2.75, 3.05) is 68.0 Å². The molecule has 5 aliphatic rings. The van der Waals surface area contributed by atoms with Gasteiger partial charge in [-0.2, -0.15) is 0 Å². The maximum absolute atomic E-state index is 13.1. The Kier molecular flexibility index (Phi) is 44.9. The van der Waals surface area contributed by atoms with E-state index < -0.39 is 27.7 Å².